The van der Waals surface area contributed by atoms with Crippen LogP contribution in [0.4, 0.5) is 22.7 Å². The fraction of sp³-hybridized carbons (Fsp3) is 0.417. The van der Waals surface area contributed by atoms with Crippen LogP contribution < -0.4 is 10.6 Å². The molecule has 0 aliphatic carbocycles. The number of non-ortho nitro benzene ring substituents is 2. The lowest BCUT2D eigenvalue weighted by Gasteiger charge is -2.20. The Morgan fingerprint density at radius 3 is 1.22 bits per heavy atom. The SMILES string of the molecule is O=C(CCCCOP(=O)(O)OP(=O)(O)OP(=O)(O)OP(=O)(O)OP(=O)(O)OCCCCC(=O)CNc1cccc([N+](=O)[O-])c1)CNc1cccc([N+](=O)[O-])c1. The van der Waals surface area contributed by atoms with E-state index in [4.69, 9.17) is 0 Å². The first-order valence-corrected chi connectivity index (χ1v) is 22.6. The molecule has 31 heteroatoms. The zero-order valence-electron chi connectivity index (χ0n) is 28.0. The van der Waals surface area contributed by atoms with Crippen molar-refractivity contribution in [2.75, 3.05) is 36.9 Å². The molecule has 26 nitrogen and oxygen atoms in total. The molecule has 0 amide bonds. The molecule has 0 spiro atoms. The van der Waals surface area contributed by atoms with Crippen molar-refractivity contribution in [3.05, 3.63) is 68.8 Å². The summed E-state index contributed by atoms with van der Waals surface area (Å²) in [7, 11) is -29.7. The van der Waals surface area contributed by atoms with Crippen molar-refractivity contribution in [2.24, 2.45) is 0 Å². The number of nitrogens with zero attached hydrogens (tertiary/aromatic N) is 2. The predicted molar refractivity (Wildman–Crippen MR) is 186 cm³/mol. The molecule has 0 saturated heterocycles. The lowest BCUT2D eigenvalue weighted by atomic mass is 10.2. The van der Waals surface area contributed by atoms with Gasteiger partial charge in [0.1, 0.15) is 0 Å². The molecule has 4 unspecified atom stereocenters. The van der Waals surface area contributed by atoms with Gasteiger partial charge in [0.15, 0.2) is 11.6 Å². The molecule has 0 radical (unpaired) electrons. The van der Waals surface area contributed by atoms with E-state index in [1.54, 1.807) is 0 Å². The molecule has 0 saturated carbocycles. The van der Waals surface area contributed by atoms with Crippen LogP contribution in [0.2, 0.25) is 0 Å². The lowest BCUT2D eigenvalue weighted by Crippen LogP contribution is -2.13. The fourth-order valence-corrected chi connectivity index (χ4v) is 10.3. The summed E-state index contributed by atoms with van der Waals surface area (Å²) in [5, 5.41) is 27.0. The van der Waals surface area contributed by atoms with E-state index in [0.29, 0.717) is 11.4 Å². The highest BCUT2D eigenvalue weighted by Crippen LogP contribution is 2.73. The number of carbonyl (C=O) groups excluding carboxylic acids is 2. The van der Waals surface area contributed by atoms with Gasteiger partial charge < -0.3 is 35.1 Å². The van der Waals surface area contributed by atoms with E-state index in [1.807, 2.05) is 0 Å². The zero-order valence-corrected chi connectivity index (χ0v) is 32.5. The van der Waals surface area contributed by atoms with Crippen molar-refractivity contribution in [3.8, 4) is 0 Å². The minimum atomic E-state index is -6.28. The Kier molecular flexibility index (Phi) is 18.7. The van der Waals surface area contributed by atoms with Crippen molar-refractivity contribution < 1.29 is 93.0 Å². The van der Waals surface area contributed by atoms with Crippen LogP contribution in [0, 0.1) is 20.2 Å². The summed E-state index contributed by atoms with van der Waals surface area (Å²) in [4.78, 5) is 92.7. The van der Waals surface area contributed by atoms with Gasteiger partial charge >= 0.3 is 39.1 Å². The molecule has 308 valence electrons. The molecule has 2 aromatic carbocycles. The van der Waals surface area contributed by atoms with Gasteiger partial charge in [0.05, 0.1) is 36.1 Å². The van der Waals surface area contributed by atoms with E-state index in [2.05, 4.69) is 36.9 Å². The van der Waals surface area contributed by atoms with Gasteiger partial charge in [0.25, 0.3) is 11.4 Å². The zero-order chi connectivity index (χ0) is 41.5. The van der Waals surface area contributed by atoms with Crippen molar-refractivity contribution >= 4 is 73.4 Å². The first-order chi connectivity index (χ1) is 25.4. The van der Waals surface area contributed by atoms with Crippen LogP contribution in [-0.4, -0.2) is 72.2 Å². The van der Waals surface area contributed by atoms with Crippen LogP contribution >= 0.6 is 39.1 Å². The van der Waals surface area contributed by atoms with Crippen LogP contribution in [0.15, 0.2) is 48.5 Å². The van der Waals surface area contributed by atoms with Crippen molar-refractivity contribution in [1.29, 1.82) is 0 Å². The first kappa shape index (κ1) is 48.0. The van der Waals surface area contributed by atoms with Crippen molar-refractivity contribution in [1.82, 2.24) is 0 Å². The highest BCUT2D eigenvalue weighted by Gasteiger charge is 2.48. The molecule has 0 aliphatic rings. The molecule has 7 N–H and O–H groups in total. The van der Waals surface area contributed by atoms with Gasteiger partial charge in [-0.2, -0.15) is 17.2 Å². The standard InChI is InChI=1S/C24H35N4O22P5/c29-23(17-25-19-7-5-9-21(15-19)27(31)32)11-1-3-13-45-51(35,36)47-53(39,40)49-55(43,44)50-54(41,42)48-52(37,38)46-14-4-2-12-24(30)18-26-20-8-6-10-22(16-20)28(33)34/h5-10,15-16,25-26H,1-4,11-14,17-18H2,(H,35,36)(H,37,38)(H,39,40)(H,41,42)(H,43,44). The van der Waals surface area contributed by atoms with Crippen LogP contribution in [0.25, 0.3) is 0 Å². The molecule has 2 aromatic rings. The summed E-state index contributed by atoms with van der Waals surface area (Å²) in [6, 6.07) is 10.7. The number of carbonyl (C=O) groups is 2. The number of anilines is 2. The monoisotopic (exact) mass is 886 g/mol. The van der Waals surface area contributed by atoms with E-state index in [1.165, 1.54) is 48.5 Å². The second kappa shape index (κ2) is 21.4. The van der Waals surface area contributed by atoms with Gasteiger partial charge in [-0.25, -0.2) is 22.8 Å². The smallest absolute Gasteiger partial charge is 0.378 e. The third-order valence-corrected chi connectivity index (χ3v) is 13.7. The topological polar surface area (TPSA) is 386 Å². The second-order valence-electron chi connectivity index (χ2n) is 10.6. The Labute approximate surface area is 310 Å². The summed E-state index contributed by atoms with van der Waals surface area (Å²) < 4.78 is 83.9. The van der Waals surface area contributed by atoms with Crippen LogP contribution in [0.5, 0.6) is 0 Å². The number of benzene rings is 2. The minimum absolute atomic E-state index is 0.0522. The van der Waals surface area contributed by atoms with Crippen molar-refractivity contribution in [2.45, 2.75) is 38.5 Å². The van der Waals surface area contributed by atoms with Crippen LogP contribution in [-0.2, 0) is 58.7 Å². The van der Waals surface area contributed by atoms with Crippen LogP contribution in [0.1, 0.15) is 38.5 Å². The highest BCUT2D eigenvalue weighted by molar-refractivity contribution is 7.71. The number of ketones is 2. The lowest BCUT2D eigenvalue weighted by molar-refractivity contribution is -0.385. The number of hydrogen-bond acceptors (Lipinski definition) is 19. The molecule has 0 aliphatic heterocycles. The van der Waals surface area contributed by atoms with E-state index in [-0.39, 0.29) is 74.6 Å². The Bertz CT molecular complexity index is 1800. The average molecular weight is 886 g/mol. The molecule has 4 atom stereocenters. The number of unbranched alkanes of at least 4 members (excludes halogenated alkanes) is 2. The average Bonchev–Trinajstić information content (AvgIpc) is 3.04. The molecule has 0 heterocycles. The molecule has 0 fully saturated rings. The summed E-state index contributed by atoms with van der Waals surface area (Å²) in [6.45, 7) is -1.78. The molecule has 2 rings (SSSR count). The van der Waals surface area contributed by atoms with Gasteiger partial charge in [0, 0.05) is 48.5 Å². The number of phosphoric acid groups is 5. The Morgan fingerprint density at radius 2 is 0.891 bits per heavy atom. The van der Waals surface area contributed by atoms with E-state index < -0.39 is 62.2 Å². The first-order valence-electron chi connectivity index (χ1n) is 15.2. The summed E-state index contributed by atoms with van der Waals surface area (Å²) >= 11 is 0. The number of nitro benzene ring substituents is 2. The molecular formula is C24H35N4O22P5. The second-order valence-corrected chi connectivity index (χ2v) is 18.5. The summed E-state index contributed by atoms with van der Waals surface area (Å²) in [6.07, 6.45) is -0.312. The van der Waals surface area contributed by atoms with E-state index in [9.17, 15) is 77.1 Å². The van der Waals surface area contributed by atoms with Gasteiger partial charge in [-0.3, -0.25) is 38.9 Å². The number of rotatable bonds is 28. The molecule has 0 bridgehead atoms. The minimum Gasteiger partial charge on any atom is -0.378 e. The summed E-state index contributed by atoms with van der Waals surface area (Å²) in [5.74, 6) is -0.735. The third-order valence-electron chi connectivity index (χ3n) is 6.13. The predicted octanol–water partition coefficient (Wildman–Crippen LogP) is 5.11. The molecule has 0 aromatic heterocycles. The summed E-state index contributed by atoms with van der Waals surface area (Å²) in [5.41, 5.74) is 0.203. The van der Waals surface area contributed by atoms with Gasteiger partial charge in [-0.05, 0) is 37.8 Å². The quantitative estimate of drug-likeness (QED) is 0.0252. The van der Waals surface area contributed by atoms with Crippen molar-refractivity contribution in [3.63, 3.8) is 0 Å². The Balaban J connectivity index is 1.70. The Hall–Kier alpha value is -3.11. The maximum Gasteiger partial charge on any atom is 0.490 e. The van der Waals surface area contributed by atoms with Gasteiger partial charge in [0.2, 0.25) is 0 Å². The maximum atomic E-state index is 12.1. The number of Topliss-reactive ketones (excluding diaryl/α,β-unsaturated/α-hetero) is 2. The van der Waals surface area contributed by atoms with E-state index in [0.717, 1.165) is 0 Å². The van der Waals surface area contributed by atoms with Gasteiger partial charge in [-0.15, -0.1) is 0 Å². The molecular weight excluding hydrogens is 851 g/mol. The van der Waals surface area contributed by atoms with E-state index >= 15 is 0 Å². The number of phosphoric ester groups is 2. The number of nitro groups is 2. The van der Waals surface area contributed by atoms with Crippen LogP contribution in [0.3, 0.4) is 0 Å². The number of hydrogen-bond donors (Lipinski definition) is 7. The fourth-order valence-electron chi connectivity index (χ4n) is 3.86. The number of nitrogens with one attached hydrogen (secondary N) is 2. The largest absolute Gasteiger partial charge is 0.490 e. The highest BCUT2D eigenvalue weighted by atomic mass is 31.3. The third kappa shape index (κ3) is 20.6. The maximum absolute atomic E-state index is 12.1. The Morgan fingerprint density at radius 1 is 0.564 bits per heavy atom. The van der Waals surface area contributed by atoms with Gasteiger partial charge in [-0.1, -0.05) is 12.1 Å². The normalized spacial score (nSPS) is 17.0. The molecule has 55 heavy (non-hydrogen) atoms.